The largest absolute Gasteiger partial charge is 0.374 e. The van der Waals surface area contributed by atoms with Gasteiger partial charge in [0, 0.05) is 24.6 Å². The van der Waals surface area contributed by atoms with E-state index in [9.17, 15) is 0 Å². The fourth-order valence-corrected chi connectivity index (χ4v) is 16.5. The van der Waals surface area contributed by atoms with E-state index in [4.69, 9.17) is 0 Å². The van der Waals surface area contributed by atoms with Crippen molar-refractivity contribution in [2.24, 2.45) is 35.5 Å². The lowest BCUT2D eigenvalue weighted by Crippen LogP contribution is -2.58. The second kappa shape index (κ2) is 7.47. The third-order valence-electron chi connectivity index (χ3n) is 11.1. The molecule has 0 unspecified atom stereocenters. The van der Waals surface area contributed by atoms with Crippen molar-refractivity contribution in [1.29, 1.82) is 0 Å². The lowest BCUT2D eigenvalue weighted by atomic mass is 9.55. The van der Waals surface area contributed by atoms with Gasteiger partial charge in [-0.3, -0.25) is 0 Å². The standard InChI is InChI=1S/C30H44NP/c1-3-8-31(2)27-6-4-5-7-28(27)32(29-15-21-9-22(16-29)11-23(10-21)17-29)30-18-24-12-25(19-30)14-26(13-24)20-30/h4-7,21-26H,3,8-20H2,1-2H3. The lowest BCUT2D eigenvalue weighted by molar-refractivity contribution is 0.0195. The molecule has 0 aliphatic heterocycles. The van der Waals surface area contributed by atoms with Crippen molar-refractivity contribution in [3.63, 3.8) is 0 Å². The number of anilines is 1. The summed E-state index contributed by atoms with van der Waals surface area (Å²) in [5, 5.41) is 3.21. The Morgan fingerprint density at radius 3 is 1.53 bits per heavy atom. The molecule has 0 heterocycles. The van der Waals surface area contributed by atoms with Crippen molar-refractivity contribution in [3.8, 4) is 0 Å². The van der Waals surface area contributed by atoms with E-state index in [1.54, 1.807) is 82.7 Å². The zero-order valence-corrected chi connectivity index (χ0v) is 21.5. The van der Waals surface area contributed by atoms with Crippen LogP contribution in [-0.4, -0.2) is 23.9 Å². The Morgan fingerprint density at radius 1 is 0.719 bits per heavy atom. The van der Waals surface area contributed by atoms with Crippen LogP contribution >= 0.6 is 7.92 Å². The van der Waals surface area contributed by atoms with Crippen molar-refractivity contribution in [2.45, 2.75) is 101 Å². The highest BCUT2D eigenvalue weighted by molar-refractivity contribution is 7.69. The average Bonchev–Trinajstić information content (AvgIpc) is 2.72. The van der Waals surface area contributed by atoms with Gasteiger partial charge in [-0.1, -0.05) is 33.0 Å². The fourth-order valence-electron chi connectivity index (χ4n) is 11.1. The molecule has 1 aromatic carbocycles. The zero-order chi connectivity index (χ0) is 21.5. The van der Waals surface area contributed by atoms with Gasteiger partial charge in [-0.15, -0.1) is 0 Å². The molecule has 0 N–H and O–H groups in total. The molecule has 0 saturated heterocycles. The molecular formula is C30H44NP. The third kappa shape index (κ3) is 3.12. The Morgan fingerprint density at radius 2 is 1.12 bits per heavy atom. The van der Waals surface area contributed by atoms with Crippen molar-refractivity contribution in [2.75, 3.05) is 18.5 Å². The molecule has 8 bridgehead atoms. The molecular weight excluding hydrogens is 405 g/mol. The molecule has 9 rings (SSSR count). The maximum atomic E-state index is 2.64. The van der Waals surface area contributed by atoms with Crippen molar-refractivity contribution in [3.05, 3.63) is 24.3 Å². The quantitative estimate of drug-likeness (QED) is 0.405. The second-order valence-corrected chi connectivity index (χ2v) is 16.6. The fraction of sp³-hybridized carbons (Fsp3) is 0.800. The van der Waals surface area contributed by atoms with Crippen molar-refractivity contribution >= 4 is 18.9 Å². The van der Waals surface area contributed by atoms with Crippen LogP contribution in [0.1, 0.15) is 90.4 Å². The molecule has 0 radical (unpaired) electrons. The Kier molecular flexibility index (Phi) is 4.86. The summed E-state index contributed by atoms with van der Waals surface area (Å²) in [7, 11) is 2.27. The van der Waals surface area contributed by atoms with Gasteiger partial charge >= 0.3 is 0 Å². The van der Waals surface area contributed by atoms with Gasteiger partial charge in [0.15, 0.2) is 0 Å². The minimum atomic E-state index is -0.110. The van der Waals surface area contributed by atoms with E-state index in [1.807, 2.05) is 5.30 Å². The van der Waals surface area contributed by atoms with E-state index in [1.165, 1.54) is 13.0 Å². The Hall–Kier alpha value is -0.550. The first kappa shape index (κ1) is 20.8. The molecule has 174 valence electrons. The van der Waals surface area contributed by atoms with Crippen LogP contribution in [0.3, 0.4) is 0 Å². The molecule has 1 nitrogen and oxygen atoms in total. The van der Waals surface area contributed by atoms with Gasteiger partial charge in [0.1, 0.15) is 0 Å². The first-order valence-electron chi connectivity index (χ1n) is 14.2. The third-order valence-corrected chi connectivity index (χ3v) is 14.9. The first-order valence-corrected chi connectivity index (χ1v) is 15.5. The minimum Gasteiger partial charge on any atom is -0.374 e. The maximum Gasteiger partial charge on any atom is 0.0442 e. The minimum absolute atomic E-state index is 0.110. The van der Waals surface area contributed by atoms with Crippen LogP contribution in [0.15, 0.2) is 24.3 Å². The van der Waals surface area contributed by atoms with Crippen LogP contribution in [0.4, 0.5) is 5.69 Å². The van der Waals surface area contributed by atoms with Crippen LogP contribution in [0.2, 0.25) is 0 Å². The van der Waals surface area contributed by atoms with Gasteiger partial charge in [-0.2, -0.15) is 0 Å². The van der Waals surface area contributed by atoms with Crippen molar-refractivity contribution < 1.29 is 0 Å². The summed E-state index contributed by atoms with van der Waals surface area (Å²) in [5.41, 5.74) is 1.62. The predicted octanol–water partition coefficient (Wildman–Crippen LogP) is 7.58. The average molecular weight is 450 g/mol. The Balaban J connectivity index is 1.38. The molecule has 0 atom stereocenters. The van der Waals surface area contributed by atoms with E-state index >= 15 is 0 Å². The predicted molar refractivity (Wildman–Crippen MR) is 138 cm³/mol. The van der Waals surface area contributed by atoms with Crippen LogP contribution in [0.5, 0.6) is 0 Å². The molecule has 8 aliphatic rings. The summed E-state index contributed by atoms with van der Waals surface area (Å²) >= 11 is 0. The molecule has 1 aromatic rings. The summed E-state index contributed by atoms with van der Waals surface area (Å²) < 4.78 is 0. The number of para-hydroxylation sites is 1. The summed E-state index contributed by atoms with van der Waals surface area (Å²) in [6, 6.07) is 9.89. The van der Waals surface area contributed by atoms with Crippen LogP contribution in [-0.2, 0) is 0 Å². The van der Waals surface area contributed by atoms with Gasteiger partial charge in [0.25, 0.3) is 0 Å². The smallest absolute Gasteiger partial charge is 0.0442 e. The topological polar surface area (TPSA) is 3.24 Å². The normalized spacial score (nSPS) is 46.6. The zero-order valence-electron chi connectivity index (χ0n) is 20.6. The monoisotopic (exact) mass is 449 g/mol. The Bertz CT molecular complexity index is 759. The SMILES string of the molecule is CCCN(C)c1ccccc1P(C12CC3CC(CC(C3)C1)C2)C12CC3CC(CC(C3)C1)C2. The van der Waals surface area contributed by atoms with E-state index in [0.29, 0.717) is 10.3 Å². The van der Waals surface area contributed by atoms with Gasteiger partial charge in [0.2, 0.25) is 0 Å². The first-order chi connectivity index (χ1) is 15.6. The van der Waals surface area contributed by atoms with Gasteiger partial charge in [-0.25, -0.2) is 0 Å². The highest BCUT2D eigenvalue weighted by Gasteiger charge is 2.63. The number of rotatable bonds is 6. The molecule has 0 spiro atoms. The molecule has 8 fully saturated rings. The van der Waals surface area contributed by atoms with Crippen LogP contribution in [0, 0.1) is 35.5 Å². The molecule has 0 aromatic heterocycles. The van der Waals surface area contributed by atoms with Crippen LogP contribution < -0.4 is 10.2 Å². The van der Waals surface area contributed by atoms with E-state index in [-0.39, 0.29) is 7.92 Å². The molecule has 8 aliphatic carbocycles. The second-order valence-electron chi connectivity index (χ2n) is 13.5. The van der Waals surface area contributed by atoms with E-state index in [2.05, 4.69) is 43.1 Å². The summed E-state index contributed by atoms with van der Waals surface area (Å²) in [6.07, 6.45) is 20.3. The molecule has 0 amide bonds. The molecule has 8 saturated carbocycles. The summed E-state index contributed by atoms with van der Waals surface area (Å²) in [4.78, 5) is 2.63. The number of hydrogen-bond donors (Lipinski definition) is 0. The van der Waals surface area contributed by atoms with Gasteiger partial charge in [-0.05, 0) is 135 Å². The molecule has 2 heteroatoms. The summed E-state index contributed by atoms with van der Waals surface area (Å²) in [6.45, 7) is 3.54. The van der Waals surface area contributed by atoms with E-state index in [0.717, 1.165) is 35.5 Å². The Labute approximate surface area is 197 Å². The number of benzene rings is 1. The van der Waals surface area contributed by atoms with Crippen molar-refractivity contribution in [1.82, 2.24) is 0 Å². The summed E-state index contributed by atoms with van der Waals surface area (Å²) in [5.74, 6) is 6.42. The maximum absolute atomic E-state index is 2.64. The molecule has 32 heavy (non-hydrogen) atoms. The lowest BCUT2D eigenvalue weighted by Gasteiger charge is -2.67. The highest BCUT2D eigenvalue weighted by Crippen LogP contribution is 2.78. The van der Waals surface area contributed by atoms with Gasteiger partial charge in [0.05, 0.1) is 0 Å². The number of nitrogens with zero attached hydrogens (tertiary/aromatic N) is 1. The van der Waals surface area contributed by atoms with Crippen LogP contribution in [0.25, 0.3) is 0 Å². The van der Waals surface area contributed by atoms with E-state index < -0.39 is 0 Å². The number of hydrogen-bond acceptors (Lipinski definition) is 1. The highest BCUT2D eigenvalue weighted by atomic mass is 31.1. The van der Waals surface area contributed by atoms with Gasteiger partial charge < -0.3 is 4.90 Å².